The van der Waals surface area contributed by atoms with Crippen LogP contribution < -0.4 is 16.4 Å². The number of carbonyl (C=O) groups is 2. The number of aryl methyl sites for hydroxylation is 1. The third-order valence-electron chi connectivity index (χ3n) is 6.90. The van der Waals surface area contributed by atoms with Crippen molar-refractivity contribution in [3.8, 4) is 11.1 Å². The molecule has 6 nitrogen and oxygen atoms in total. The largest absolute Gasteiger partial charge is 0.449 e. The molecule has 1 atom stereocenters. The molecule has 38 heavy (non-hydrogen) atoms. The molecule has 2 amide bonds. The molecule has 4 aromatic carbocycles. The van der Waals surface area contributed by atoms with Crippen LogP contribution in [0, 0.1) is 6.92 Å². The van der Waals surface area contributed by atoms with E-state index < -0.39 is 12.1 Å². The van der Waals surface area contributed by atoms with Crippen LogP contribution in [0.1, 0.15) is 33.7 Å². The quantitative estimate of drug-likeness (QED) is 0.293. The number of benzene rings is 4. The fourth-order valence-corrected chi connectivity index (χ4v) is 5.07. The van der Waals surface area contributed by atoms with Crippen LogP contribution in [0.5, 0.6) is 0 Å². The zero-order valence-corrected chi connectivity index (χ0v) is 21.3. The summed E-state index contributed by atoms with van der Waals surface area (Å²) in [4.78, 5) is 26.3. The maximum atomic E-state index is 13.3. The van der Waals surface area contributed by atoms with Gasteiger partial charge in [0.1, 0.15) is 12.6 Å². The van der Waals surface area contributed by atoms with Gasteiger partial charge in [0.05, 0.1) is 0 Å². The number of anilines is 1. The van der Waals surface area contributed by atoms with E-state index >= 15 is 0 Å². The second-order valence-corrected chi connectivity index (χ2v) is 9.61. The lowest BCUT2D eigenvalue weighted by molar-refractivity contribution is -0.118. The topological polar surface area (TPSA) is 93.4 Å². The van der Waals surface area contributed by atoms with Crippen molar-refractivity contribution in [3.05, 3.63) is 125 Å². The summed E-state index contributed by atoms with van der Waals surface area (Å²) in [7, 11) is 0. The molecule has 0 bridgehead atoms. The molecule has 4 N–H and O–H groups in total. The van der Waals surface area contributed by atoms with Gasteiger partial charge >= 0.3 is 6.09 Å². The Bertz CT molecular complexity index is 1420. The van der Waals surface area contributed by atoms with Gasteiger partial charge in [-0.2, -0.15) is 0 Å². The standard InChI is InChI=1S/C32H31N3O3/c1-21-8-6-9-22(16-21)18-30(31(36)34-24-11-7-10-23(17-24)19-33)35-32(37)38-20-29-27-14-4-2-12-25(27)26-13-3-5-15-28(26)29/h2-17,29-30H,18-20,33H2,1H3,(H,34,36)(H,35,37)/t30-/m0/s1. The SMILES string of the molecule is Cc1cccc(C[C@H](NC(=O)OCC2c3ccccc3-c3ccccc32)C(=O)Nc2cccc(CN)c2)c1. The van der Waals surface area contributed by atoms with Gasteiger partial charge in [-0.25, -0.2) is 4.79 Å². The lowest BCUT2D eigenvalue weighted by atomic mass is 9.98. The summed E-state index contributed by atoms with van der Waals surface area (Å²) in [5, 5.41) is 5.72. The Morgan fingerprint density at radius 2 is 1.50 bits per heavy atom. The highest BCUT2D eigenvalue weighted by Gasteiger charge is 2.30. The van der Waals surface area contributed by atoms with E-state index in [1.165, 1.54) is 0 Å². The number of hydrogen-bond donors (Lipinski definition) is 3. The molecule has 6 heteroatoms. The van der Waals surface area contributed by atoms with Gasteiger partial charge in [0.15, 0.2) is 0 Å². The van der Waals surface area contributed by atoms with Crippen molar-refractivity contribution < 1.29 is 14.3 Å². The summed E-state index contributed by atoms with van der Waals surface area (Å²) in [5.74, 6) is -0.384. The maximum Gasteiger partial charge on any atom is 0.407 e. The number of amides is 2. The first kappa shape index (κ1) is 25.2. The van der Waals surface area contributed by atoms with Crippen molar-refractivity contribution in [2.75, 3.05) is 11.9 Å². The molecule has 5 rings (SSSR count). The van der Waals surface area contributed by atoms with E-state index in [0.29, 0.717) is 18.7 Å². The predicted molar refractivity (Wildman–Crippen MR) is 150 cm³/mol. The molecule has 0 spiro atoms. The molecule has 192 valence electrons. The Labute approximate surface area is 222 Å². The number of alkyl carbamates (subject to hydrolysis) is 1. The van der Waals surface area contributed by atoms with Crippen LogP contribution in [0.2, 0.25) is 0 Å². The maximum absolute atomic E-state index is 13.3. The zero-order chi connectivity index (χ0) is 26.5. The first-order chi connectivity index (χ1) is 18.5. The molecule has 0 fully saturated rings. The fourth-order valence-electron chi connectivity index (χ4n) is 5.07. The van der Waals surface area contributed by atoms with Crippen molar-refractivity contribution in [1.29, 1.82) is 0 Å². The van der Waals surface area contributed by atoms with Crippen LogP contribution in [0.4, 0.5) is 10.5 Å². The second-order valence-electron chi connectivity index (χ2n) is 9.61. The molecule has 1 aliphatic rings. The molecule has 0 aromatic heterocycles. The van der Waals surface area contributed by atoms with Gasteiger partial charge in [0.25, 0.3) is 0 Å². The minimum Gasteiger partial charge on any atom is -0.449 e. The number of ether oxygens (including phenoxy) is 1. The van der Waals surface area contributed by atoms with Crippen molar-refractivity contribution in [2.24, 2.45) is 5.73 Å². The molecule has 0 aliphatic heterocycles. The Hall–Kier alpha value is -4.42. The normalized spacial score (nSPS) is 12.8. The fraction of sp³-hybridized carbons (Fsp3) is 0.188. The lowest BCUT2D eigenvalue weighted by Gasteiger charge is -2.20. The monoisotopic (exact) mass is 505 g/mol. The van der Waals surface area contributed by atoms with E-state index in [9.17, 15) is 9.59 Å². The van der Waals surface area contributed by atoms with Crippen molar-refractivity contribution in [3.63, 3.8) is 0 Å². The molecule has 0 heterocycles. The summed E-state index contributed by atoms with van der Waals surface area (Å²) in [6.07, 6.45) is -0.302. The highest BCUT2D eigenvalue weighted by Crippen LogP contribution is 2.44. The van der Waals surface area contributed by atoms with Crippen LogP contribution in [-0.4, -0.2) is 24.6 Å². The molecular weight excluding hydrogens is 474 g/mol. The molecule has 0 unspecified atom stereocenters. The van der Waals surface area contributed by atoms with Gasteiger partial charge in [-0.1, -0.05) is 90.5 Å². The molecule has 1 aliphatic carbocycles. The minimum atomic E-state index is -0.825. The van der Waals surface area contributed by atoms with Crippen LogP contribution >= 0.6 is 0 Å². The smallest absolute Gasteiger partial charge is 0.407 e. The summed E-state index contributed by atoms with van der Waals surface area (Å²) in [6.45, 7) is 2.54. The number of rotatable bonds is 8. The molecular formula is C32H31N3O3. The van der Waals surface area contributed by atoms with E-state index in [1.54, 1.807) is 6.07 Å². The van der Waals surface area contributed by atoms with Crippen molar-refractivity contribution in [2.45, 2.75) is 31.8 Å². The molecule has 0 saturated heterocycles. The Morgan fingerprint density at radius 1 is 0.842 bits per heavy atom. The van der Waals surface area contributed by atoms with E-state index in [4.69, 9.17) is 10.5 Å². The second kappa shape index (κ2) is 11.3. The summed E-state index contributed by atoms with van der Waals surface area (Å²) in [6, 6.07) is 30.8. The van der Waals surface area contributed by atoms with Gasteiger partial charge in [0, 0.05) is 24.6 Å². The third-order valence-corrected chi connectivity index (χ3v) is 6.90. The van der Waals surface area contributed by atoms with Crippen LogP contribution in [-0.2, 0) is 22.5 Å². The van der Waals surface area contributed by atoms with Crippen LogP contribution in [0.15, 0.2) is 97.1 Å². The average molecular weight is 506 g/mol. The first-order valence-electron chi connectivity index (χ1n) is 12.8. The summed E-state index contributed by atoms with van der Waals surface area (Å²) < 4.78 is 5.72. The van der Waals surface area contributed by atoms with E-state index in [0.717, 1.165) is 38.9 Å². The summed E-state index contributed by atoms with van der Waals surface area (Å²) >= 11 is 0. The minimum absolute atomic E-state index is 0.0591. The molecule has 4 aromatic rings. The van der Waals surface area contributed by atoms with Gasteiger partial charge in [-0.15, -0.1) is 0 Å². The third kappa shape index (κ3) is 5.61. The van der Waals surface area contributed by atoms with E-state index in [1.807, 2.05) is 73.7 Å². The van der Waals surface area contributed by atoms with Gasteiger partial charge < -0.3 is 21.1 Å². The van der Waals surface area contributed by atoms with Crippen molar-refractivity contribution in [1.82, 2.24) is 5.32 Å². The number of fused-ring (bicyclic) bond motifs is 3. The van der Waals surface area contributed by atoms with E-state index in [-0.39, 0.29) is 18.4 Å². The van der Waals surface area contributed by atoms with Crippen LogP contribution in [0.3, 0.4) is 0 Å². The molecule has 0 saturated carbocycles. The number of hydrogen-bond acceptors (Lipinski definition) is 4. The van der Waals surface area contributed by atoms with E-state index in [2.05, 4.69) is 34.9 Å². The van der Waals surface area contributed by atoms with Gasteiger partial charge in [0.2, 0.25) is 5.91 Å². The molecule has 0 radical (unpaired) electrons. The Morgan fingerprint density at radius 3 is 2.18 bits per heavy atom. The van der Waals surface area contributed by atoms with Crippen LogP contribution in [0.25, 0.3) is 11.1 Å². The Balaban J connectivity index is 1.30. The highest BCUT2D eigenvalue weighted by molar-refractivity contribution is 5.96. The van der Waals surface area contributed by atoms with Gasteiger partial charge in [-0.3, -0.25) is 4.79 Å². The lowest BCUT2D eigenvalue weighted by Crippen LogP contribution is -2.45. The number of carbonyl (C=O) groups excluding carboxylic acids is 2. The average Bonchev–Trinajstić information content (AvgIpc) is 3.25. The number of nitrogens with two attached hydrogens (primary N) is 1. The first-order valence-corrected chi connectivity index (χ1v) is 12.8. The van der Waals surface area contributed by atoms with Crippen molar-refractivity contribution >= 4 is 17.7 Å². The predicted octanol–water partition coefficient (Wildman–Crippen LogP) is 5.54. The Kier molecular flexibility index (Phi) is 7.52. The number of nitrogens with one attached hydrogen (secondary N) is 2. The highest BCUT2D eigenvalue weighted by atomic mass is 16.5. The van der Waals surface area contributed by atoms with Gasteiger partial charge in [-0.05, 0) is 52.4 Å². The summed E-state index contributed by atoms with van der Waals surface area (Å²) in [5.41, 5.74) is 13.9. The zero-order valence-electron chi connectivity index (χ0n) is 21.3.